The molecule has 1 aliphatic carbocycles. The van der Waals surface area contributed by atoms with Crippen molar-refractivity contribution in [3.63, 3.8) is 0 Å². The maximum atomic E-state index is 11.3. The summed E-state index contributed by atoms with van der Waals surface area (Å²) >= 11 is 0. The minimum absolute atomic E-state index is 0.188. The van der Waals surface area contributed by atoms with Gasteiger partial charge in [-0.15, -0.1) is 0 Å². The van der Waals surface area contributed by atoms with Crippen LogP contribution in [0.4, 0.5) is 5.69 Å². The van der Waals surface area contributed by atoms with E-state index in [0.29, 0.717) is 10.9 Å². The van der Waals surface area contributed by atoms with Crippen LogP contribution in [0.2, 0.25) is 0 Å². The van der Waals surface area contributed by atoms with Crippen LogP contribution in [-0.4, -0.2) is 26.8 Å². The summed E-state index contributed by atoms with van der Waals surface area (Å²) in [6.07, 6.45) is 5.75. The first-order valence-electron chi connectivity index (χ1n) is 6.29. The van der Waals surface area contributed by atoms with E-state index in [9.17, 15) is 8.42 Å². The summed E-state index contributed by atoms with van der Waals surface area (Å²) in [5.41, 5.74) is 7.00. The molecule has 1 saturated carbocycles. The maximum absolute atomic E-state index is 11.3. The number of hydrogen-bond acceptors (Lipinski definition) is 4. The highest BCUT2D eigenvalue weighted by molar-refractivity contribution is 7.90. The molecule has 100 valence electrons. The lowest BCUT2D eigenvalue weighted by Crippen LogP contribution is -2.42. The maximum Gasteiger partial charge on any atom is 0.175 e. The van der Waals surface area contributed by atoms with Gasteiger partial charge >= 0.3 is 0 Å². The van der Waals surface area contributed by atoms with Crippen molar-refractivity contribution in [1.29, 1.82) is 0 Å². The molecule has 0 radical (unpaired) electrons. The van der Waals surface area contributed by atoms with E-state index in [-0.39, 0.29) is 6.04 Å². The van der Waals surface area contributed by atoms with Gasteiger partial charge in [-0.05, 0) is 37.1 Å². The van der Waals surface area contributed by atoms with E-state index in [1.165, 1.54) is 19.1 Å². The van der Waals surface area contributed by atoms with Gasteiger partial charge in [0.05, 0.1) is 4.90 Å². The molecular formula is C13H20N2O2S. The SMILES string of the molecule is CS(=O)(=O)c1ccc(N[C@@H]2CCCC[C@H]2N)cc1. The molecule has 1 aromatic carbocycles. The molecule has 3 N–H and O–H groups in total. The molecule has 0 aliphatic heterocycles. The number of sulfone groups is 1. The zero-order valence-electron chi connectivity index (χ0n) is 10.6. The van der Waals surface area contributed by atoms with Crippen LogP contribution in [0.25, 0.3) is 0 Å². The van der Waals surface area contributed by atoms with Gasteiger partial charge in [0.25, 0.3) is 0 Å². The van der Waals surface area contributed by atoms with Crippen LogP contribution < -0.4 is 11.1 Å². The fourth-order valence-corrected chi connectivity index (χ4v) is 2.98. The number of nitrogens with two attached hydrogens (primary N) is 1. The Kier molecular flexibility index (Phi) is 3.92. The van der Waals surface area contributed by atoms with Gasteiger partial charge in [-0.3, -0.25) is 0 Å². The van der Waals surface area contributed by atoms with Gasteiger partial charge in [-0.2, -0.15) is 0 Å². The molecule has 2 rings (SSSR count). The second-order valence-corrected chi connectivity index (χ2v) is 7.01. The normalized spacial score (nSPS) is 24.8. The Morgan fingerprint density at radius 1 is 1.17 bits per heavy atom. The Morgan fingerprint density at radius 2 is 1.78 bits per heavy atom. The van der Waals surface area contributed by atoms with Crippen LogP contribution in [0, 0.1) is 0 Å². The number of rotatable bonds is 3. The first-order valence-corrected chi connectivity index (χ1v) is 8.18. The smallest absolute Gasteiger partial charge is 0.175 e. The fourth-order valence-electron chi connectivity index (χ4n) is 2.35. The Balaban J connectivity index is 2.06. The van der Waals surface area contributed by atoms with Gasteiger partial charge in [-0.1, -0.05) is 12.8 Å². The summed E-state index contributed by atoms with van der Waals surface area (Å²) in [6.45, 7) is 0. The van der Waals surface area contributed by atoms with Crippen molar-refractivity contribution in [3.05, 3.63) is 24.3 Å². The first-order chi connectivity index (χ1) is 8.47. The summed E-state index contributed by atoms with van der Waals surface area (Å²) in [7, 11) is -3.12. The van der Waals surface area contributed by atoms with Crippen LogP contribution in [0.5, 0.6) is 0 Å². The molecule has 0 bridgehead atoms. The second kappa shape index (κ2) is 5.28. The Labute approximate surface area is 108 Å². The topological polar surface area (TPSA) is 72.2 Å². The molecule has 18 heavy (non-hydrogen) atoms. The number of nitrogens with one attached hydrogen (secondary N) is 1. The molecule has 0 saturated heterocycles. The monoisotopic (exact) mass is 268 g/mol. The Morgan fingerprint density at radius 3 is 2.33 bits per heavy atom. The quantitative estimate of drug-likeness (QED) is 0.876. The van der Waals surface area contributed by atoms with Crippen molar-refractivity contribution in [3.8, 4) is 0 Å². The van der Waals surface area contributed by atoms with Crippen molar-refractivity contribution in [2.75, 3.05) is 11.6 Å². The molecule has 1 aromatic rings. The average molecular weight is 268 g/mol. The van der Waals surface area contributed by atoms with Crippen molar-refractivity contribution in [1.82, 2.24) is 0 Å². The average Bonchev–Trinajstić information content (AvgIpc) is 2.32. The predicted octanol–water partition coefficient (Wildman–Crippen LogP) is 1.77. The largest absolute Gasteiger partial charge is 0.381 e. The lowest BCUT2D eigenvalue weighted by molar-refractivity contribution is 0.404. The van der Waals surface area contributed by atoms with Gasteiger partial charge in [0, 0.05) is 24.0 Å². The third kappa shape index (κ3) is 3.23. The Bertz CT molecular complexity index is 496. The van der Waals surface area contributed by atoms with Gasteiger partial charge in [0.2, 0.25) is 0 Å². The fraction of sp³-hybridized carbons (Fsp3) is 0.538. The standard InChI is InChI=1S/C13H20N2O2S/c1-18(16,17)11-8-6-10(7-9-11)15-13-5-3-2-4-12(13)14/h6-9,12-13,15H,2-5,14H2,1H3/t12-,13-/m1/s1. The third-order valence-corrected chi connectivity index (χ3v) is 4.58. The van der Waals surface area contributed by atoms with E-state index in [0.717, 1.165) is 18.5 Å². The third-order valence-electron chi connectivity index (χ3n) is 3.45. The molecule has 1 aliphatic rings. The summed E-state index contributed by atoms with van der Waals surface area (Å²) < 4.78 is 22.7. The van der Waals surface area contributed by atoms with E-state index in [1.54, 1.807) is 24.3 Å². The molecule has 0 unspecified atom stereocenters. The highest BCUT2D eigenvalue weighted by atomic mass is 32.2. The first kappa shape index (κ1) is 13.4. The summed E-state index contributed by atoms with van der Waals surface area (Å²) in [5, 5.41) is 3.39. The highest BCUT2D eigenvalue weighted by Crippen LogP contribution is 2.22. The van der Waals surface area contributed by atoms with E-state index in [4.69, 9.17) is 5.73 Å². The second-order valence-electron chi connectivity index (χ2n) is 5.00. The molecule has 0 amide bonds. The van der Waals surface area contributed by atoms with Gasteiger partial charge in [0.1, 0.15) is 0 Å². The lowest BCUT2D eigenvalue weighted by atomic mass is 9.91. The molecule has 2 atom stereocenters. The molecule has 0 aromatic heterocycles. The van der Waals surface area contributed by atoms with Crippen molar-refractivity contribution < 1.29 is 8.42 Å². The summed E-state index contributed by atoms with van der Waals surface area (Å²) in [4.78, 5) is 0.348. The number of benzene rings is 1. The van der Waals surface area contributed by atoms with E-state index < -0.39 is 9.84 Å². The van der Waals surface area contributed by atoms with Gasteiger partial charge < -0.3 is 11.1 Å². The number of hydrogen-bond donors (Lipinski definition) is 2. The van der Waals surface area contributed by atoms with Crippen LogP contribution in [0.3, 0.4) is 0 Å². The zero-order valence-corrected chi connectivity index (χ0v) is 11.4. The van der Waals surface area contributed by atoms with E-state index in [1.807, 2.05) is 0 Å². The van der Waals surface area contributed by atoms with Crippen molar-refractivity contribution in [2.45, 2.75) is 42.7 Å². The summed E-state index contributed by atoms with van der Waals surface area (Å²) in [6, 6.07) is 7.35. The molecule has 1 fully saturated rings. The molecule has 0 spiro atoms. The van der Waals surface area contributed by atoms with Crippen LogP contribution in [-0.2, 0) is 9.84 Å². The van der Waals surface area contributed by atoms with Crippen LogP contribution in [0.15, 0.2) is 29.2 Å². The molecule has 5 heteroatoms. The van der Waals surface area contributed by atoms with Gasteiger partial charge in [0.15, 0.2) is 9.84 Å². The summed E-state index contributed by atoms with van der Waals surface area (Å²) in [5.74, 6) is 0. The Hall–Kier alpha value is -1.07. The molecule has 0 heterocycles. The van der Waals surface area contributed by atoms with Gasteiger partial charge in [-0.25, -0.2) is 8.42 Å². The van der Waals surface area contributed by atoms with Crippen molar-refractivity contribution in [2.24, 2.45) is 5.73 Å². The van der Waals surface area contributed by atoms with E-state index in [2.05, 4.69) is 5.32 Å². The predicted molar refractivity (Wildman–Crippen MR) is 73.4 cm³/mol. The van der Waals surface area contributed by atoms with Crippen LogP contribution >= 0.6 is 0 Å². The van der Waals surface area contributed by atoms with E-state index >= 15 is 0 Å². The molecule has 4 nitrogen and oxygen atoms in total. The molecular weight excluding hydrogens is 248 g/mol. The minimum atomic E-state index is -3.12. The van der Waals surface area contributed by atoms with Crippen LogP contribution in [0.1, 0.15) is 25.7 Å². The lowest BCUT2D eigenvalue weighted by Gasteiger charge is -2.30. The highest BCUT2D eigenvalue weighted by Gasteiger charge is 2.21. The number of anilines is 1. The van der Waals surface area contributed by atoms with Crippen molar-refractivity contribution >= 4 is 15.5 Å². The minimum Gasteiger partial charge on any atom is -0.381 e. The zero-order chi connectivity index (χ0) is 13.2.